The number of hydrogen-bond acceptors (Lipinski definition) is 3. The summed E-state index contributed by atoms with van der Waals surface area (Å²) in [6.07, 6.45) is 2.00. The highest BCUT2D eigenvalue weighted by atomic mass is 16.5. The molecule has 0 saturated heterocycles. The largest absolute Gasteiger partial charge is 0.493 e. The van der Waals surface area contributed by atoms with Gasteiger partial charge in [-0.2, -0.15) is 0 Å². The highest BCUT2D eigenvalue weighted by Crippen LogP contribution is 2.17. The van der Waals surface area contributed by atoms with Crippen LogP contribution in [-0.2, 0) is 4.79 Å². The van der Waals surface area contributed by atoms with Crippen molar-refractivity contribution in [2.75, 3.05) is 13.2 Å². The first-order chi connectivity index (χ1) is 10.9. The number of nitrogens with one attached hydrogen (secondary N) is 2. The summed E-state index contributed by atoms with van der Waals surface area (Å²) in [6.45, 7) is 8.60. The maximum atomic E-state index is 12.2. The van der Waals surface area contributed by atoms with Gasteiger partial charge >= 0.3 is 0 Å². The standard InChI is InChI=1S/C18H28N2O3/c1-5-23-16-9-7-6-8-15(16)18(22)19-12-17(21)20-14(4)11-10-13(2)3/h6-9,13-14H,5,10-12H2,1-4H3,(H,19,22)(H,20,21). The number of amides is 2. The van der Waals surface area contributed by atoms with E-state index in [1.54, 1.807) is 18.2 Å². The third-order valence-corrected chi connectivity index (χ3v) is 3.43. The summed E-state index contributed by atoms with van der Waals surface area (Å²) >= 11 is 0. The molecule has 0 aliphatic carbocycles. The van der Waals surface area contributed by atoms with Crippen LogP contribution in [0.1, 0.15) is 50.9 Å². The molecule has 2 N–H and O–H groups in total. The first-order valence-corrected chi connectivity index (χ1v) is 8.23. The van der Waals surface area contributed by atoms with E-state index in [-0.39, 0.29) is 24.4 Å². The molecule has 1 rings (SSSR count). The Morgan fingerprint density at radius 2 is 1.83 bits per heavy atom. The molecule has 0 spiro atoms. The molecule has 0 aliphatic rings. The van der Waals surface area contributed by atoms with Gasteiger partial charge in [-0.05, 0) is 44.7 Å². The van der Waals surface area contributed by atoms with E-state index in [0.717, 1.165) is 12.8 Å². The molecule has 1 aromatic carbocycles. The SMILES string of the molecule is CCOc1ccccc1C(=O)NCC(=O)NC(C)CCC(C)C. The number of para-hydroxylation sites is 1. The van der Waals surface area contributed by atoms with Gasteiger partial charge in [0.15, 0.2) is 0 Å². The minimum Gasteiger partial charge on any atom is -0.493 e. The average molecular weight is 320 g/mol. The Morgan fingerprint density at radius 1 is 1.13 bits per heavy atom. The predicted octanol–water partition coefficient (Wildman–Crippen LogP) is 2.76. The molecule has 0 bridgehead atoms. The maximum Gasteiger partial charge on any atom is 0.255 e. The van der Waals surface area contributed by atoms with Crippen LogP contribution in [0.15, 0.2) is 24.3 Å². The smallest absolute Gasteiger partial charge is 0.255 e. The van der Waals surface area contributed by atoms with Gasteiger partial charge < -0.3 is 15.4 Å². The average Bonchev–Trinajstić information content (AvgIpc) is 2.51. The van der Waals surface area contributed by atoms with E-state index in [1.807, 2.05) is 19.9 Å². The third kappa shape index (κ3) is 7.17. The highest BCUT2D eigenvalue weighted by Gasteiger charge is 2.14. The van der Waals surface area contributed by atoms with E-state index in [1.165, 1.54) is 0 Å². The lowest BCUT2D eigenvalue weighted by atomic mass is 10.0. The van der Waals surface area contributed by atoms with Crippen molar-refractivity contribution in [2.45, 2.75) is 46.6 Å². The number of rotatable bonds is 9. The minimum absolute atomic E-state index is 0.0364. The van der Waals surface area contributed by atoms with Crippen molar-refractivity contribution in [1.29, 1.82) is 0 Å². The number of benzene rings is 1. The molecule has 1 atom stereocenters. The van der Waals surface area contributed by atoms with Gasteiger partial charge in [0.25, 0.3) is 5.91 Å². The van der Waals surface area contributed by atoms with Crippen LogP contribution in [0.4, 0.5) is 0 Å². The van der Waals surface area contributed by atoms with Gasteiger partial charge in [0.2, 0.25) is 5.91 Å². The molecule has 128 valence electrons. The van der Waals surface area contributed by atoms with Crippen LogP contribution in [0.5, 0.6) is 5.75 Å². The molecule has 0 aliphatic heterocycles. The fourth-order valence-electron chi connectivity index (χ4n) is 2.17. The Kier molecular flexibility index (Phi) is 8.16. The topological polar surface area (TPSA) is 67.4 Å². The molecule has 0 saturated carbocycles. The quantitative estimate of drug-likeness (QED) is 0.735. The fraction of sp³-hybridized carbons (Fsp3) is 0.556. The lowest BCUT2D eigenvalue weighted by Crippen LogP contribution is -2.41. The fourth-order valence-corrected chi connectivity index (χ4v) is 2.17. The number of hydrogen-bond donors (Lipinski definition) is 2. The first-order valence-electron chi connectivity index (χ1n) is 8.23. The van der Waals surface area contributed by atoms with Crippen LogP contribution in [0.25, 0.3) is 0 Å². The van der Waals surface area contributed by atoms with E-state index in [4.69, 9.17) is 4.74 Å². The summed E-state index contributed by atoms with van der Waals surface area (Å²) in [5.41, 5.74) is 0.440. The van der Waals surface area contributed by atoms with Crippen LogP contribution in [0.3, 0.4) is 0 Å². The molecule has 2 amide bonds. The predicted molar refractivity (Wildman–Crippen MR) is 91.6 cm³/mol. The number of ether oxygens (including phenoxy) is 1. The molecule has 23 heavy (non-hydrogen) atoms. The summed E-state index contributed by atoms with van der Waals surface area (Å²) in [4.78, 5) is 24.1. The minimum atomic E-state index is -0.306. The second-order valence-electron chi connectivity index (χ2n) is 6.05. The monoisotopic (exact) mass is 320 g/mol. The van der Waals surface area contributed by atoms with E-state index >= 15 is 0 Å². The van der Waals surface area contributed by atoms with Crippen molar-refractivity contribution in [3.8, 4) is 5.75 Å². The Hall–Kier alpha value is -2.04. The van der Waals surface area contributed by atoms with Gasteiger partial charge in [0.05, 0.1) is 18.7 Å². The van der Waals surface area contributed by atoms with Crippen LogP contribution in [-0.4, -0.2) is 31.0 Å². The lowest BCUT2D eigenvalue weighted by Gasteiger charge is -2.15. The number of carbonyl (C=O) groups is 2. The molecule has 0 radical (unpaired) electrons. The molecule has 1 aromatic rings. The van der Waals surface area contributed by atoms with Crippen molar-refractivity contribution in [1.82, 2.24) is 10.6 Å². The van der Waals surface area contributed by atoms with E-state index < -0.39 is 0 Å². The molecule has 0 heterocycles. The summed E-state index contributed by atoms with van der Waals surface area (Å²) in [5.74, 6) is 0.657. The van der Waals surface area contributed by atoms with Crippen molar-refractivity contribution in [2.24, 2.45) is 5.92 Å². The second-order valence-corrected chi connectivity index (χ2v) is 6.05. The zero-order valence-corrected chi connectivity index (χ0v) is 14.5. The Morgan fingerprint density at radius 3 is 2.48 bits per heavy atom. The molecule has 5 heteroatoms. The van der Waals surface area contributed by atoms with Gasteiger partial charge in [-0.25, -0.2) is 0 Å². The number of carbonyl (C=O) groups excluding carboxylic acids is 2. The summed E-state index contributed by atoms with van der Waals surface area (Å²) in [5, 5.41) is 5.53. The van der Waals surface area contributed by atoms with Gasteiger partial charge in [-0.1, -0.05) is 26.0 Å². The molecule has 5 nitrogen and oxygen atoms in total. The Bertz CT molecular complexity index is 515. The molecular formula is C18H28N2O3. The first kappa shape index (κ1) is 19.0. The van der Waals surface area contributed by atoms with Gasteiger partial charge in [-0.3, -0.25) is 9.59 Å². The molecule has 0 fully saturated rings. The van der Waals surface area contributed by atoms with Crippen LogP contribution in [0, 0.1) is 5.92 Å². The van der Waals surface area contributed by atoms with Gasteiger partial charge in [-0.15, -0.1) is 0 Å². The lowest BCUT2D eigenvalue weighted by molar-refractivity contribution is -0.120. The van der Waals surface area contributed by atoms with E-state index in [0.29, 0.717) is 23.8 Å². The Labute approximate surface area is 138 Å². The summed E-state index contributed by atoms with van der Waals surface area (Å²) in [6, 6.07) is 7.12. The Balaban J connectivity index is 2.45. The van der Waals surface area contributed by atoms with E-state index in [9.17, 15) is 9.59 Å². The van der Waals surface area contributed by atoms with Crippen molar-refractivity contribution in [3.63, 3.8) is 0 Å². The molecule has 0 aromatic heterocycles. The van der Waals surface area contributed by atoms with Gasteiger partial charge in [0.1, 0.15) is 5.75 Å². The molecular weight excluding hydrogens is 292 g/mol. The van der Waals surface area contributed by atoms with Crippen molar-refractivity contribution < 1.29 is 14.3 Å². The van der Waals surface area contributed by atoms with Crippen LogP contribution >= 0.6 is 0 Å². The van der Waals surface area contributed by atoms with Crippen molar-refractivity contribution in [3.05, 3.63) is 29.8 Å². The van der Waals surface area contributed by atoms with Crippen molar-refractivity contribution >= 4 is 11.8 Å². The second kappa shape index (κ2) is 9.87. The third-order valence-electron chi connectivity index (χ3n) is 3.43. The maximum absolute atomic E-state index is 12.2. The zero-order chi connectivity index (χ0) is 17.2. The zero-order valence-electron chi connectivity index (χ0n) is 14.5. The van der Waals surface area contributed by atoms with Gasteiger partial charge in [0, 0.05) is 6.04 Å². The van der Waals surface area contributed by atoms with Crippen LogP contribution in [0.2, 0.25) is 0 Å². The molecule has 1 unspecified atom stereocenters. The van der Waals surface area contributed by atoms with Crippen LogP contribution < -0.4 is 15.4 Å². The van der Waals surface area contributed by atoms with E-state index in [2.05, 4.69) is 24.5 Å². The summed E-state index contributed by atoms with van der Waals surface area (Å²) < 4.78 is 5.42. The summed E-state index contributed by atoms with van der Waals surface area (Å²) in [7, 11) is 0. The highest BCUT2D eigenvalue weighted by molar-refractivity contribution is 5.98. The normalized spacial score (nSPS) is 11.9.